The molecule has 0 fully saturated rings. The molecule has 0 radical (unpaired) electrons. The van der Waals surface area contributed by atoms with Crippen LogP contribution in [0, 0.1) is 5.92 Å². The zero-order valence-electron chi connectivity index (χ0n) is 7.67. The van der Waals surface area contributed by atoms with Gasteiger partial charge in [0.2, 0.25) is 0 Å². The molecule has 0 spiro atoms. The Morgan fingerprint density at radius 1 is 1.45 bits per heavy atom. The zero-order valence-corrected chi connectivity index (χ0v) is 8.56. The van der Waals surface area contributed by atoms with Gasteiger partial charge in [0.05, 0.1) is 0 Å². The first-order chi connectivity index (χ1) is 4.98. The molecule has 0 bridgehead atoms. The van der Waals surface area contributed by atoms with Gasteiger partial charge >= 0.3 is 0 Å². The van der Waals surface area contributed by atoms with Crippen molar-refractivity contribution in [3.63, 3.8) is 0 Å². The highest BCUT2D eigenvalue weighted by atomic mass is 31.2. The Morgan fingerprint density at radius 3 is 2.36 bits per heavy atom. The van der Waals surface area contributed by atoms with Crippen molar-refractivity contribution < 1.29 is 9.46 Å². The van der Waals surface area contributed by atoms with Crippen LogP contribution in [0.1, 0.15) is 33.6 Å². The highest BCUT2D eigenvalue weighted by Crippen LogP contribution is 2.38. The molecule has 0 aliphatic heterocycles. The van der Waals surface area contributed by atoms with Gasteiger partial charge in [0, 0.05) is 7.37 Å². The Bertz CT molecular complexity index is 143. The van der Waals surface area contributed by atoms with Crippen LogP contribution < -0.4 is 4.89 Å². The molecule has 1 unspecified atom stereocenters. The normalized spacial score (nSPS) is 16.8. The van der Waals surface area contributed by atoms with Crippen LogP contribution in [0.3, 0.4) is 0 Å². The van der Waals surface area contributed by atoms with Crippen molar-refractivity contribution in [1.29, 1.82) is 0 Å². The van der Waals surface area contributed by atoms with Gasteiger partial charge in [0.1, 0.15) is 0 Å². The number of hydrogen-bond donors (Lipinski definition) is 0. The third-order valence-corrected chi connectivity index (χ3v) is 3.78. The van der Waals surface area contributed by atoms with E-state index in [2.05, 4.69) is 0 Å². The third kappa shape index (κ3) is 6.58. The molecule has 0 aromatic heterocycles. The molecule has 68 valence electrons. The third-order valence-electron chi connectivity index (χ3n) is 1.50. The van der Waals surface area contributed by atoms with E-state index in [0.717, 1.165) is 12.8 Å². The van der Waals surface area contributed by atoms with Crippen LogP contribution in [0.4, 0.5) is 0 Å². The number of hydrogen-bond acceptors (Lipinski definition) is 2. The molecule has 2 nitrogen and oxygen atoms in total. The molecule has 0 rings (SSSR count). The molecule has 0 aliphatic rings. The Balaban J connectivity index is 3.71. The first kappa shape index (κ1) is 11.2. The van der Waals surface area contributed by atoms with Crippen LogP contribution in [-0.2, 0) is 4.57 Å². The second-order valence-electron chi connectivity index (χ2n) is 3.47. The van der Waals surface area contributed by atoms with E-state index in [4.69, 9.17) is 0 Å². The largest absolute Gasteiger partial charge is 0.799 e. The highest BCUT2D eigenvalue weighted by Gasteiger charge is 2.08. The van der Waals surface area contributed by atoms with E-state index in [9.17, 15) is 9.46 Å². The van der Waals surface area contributed by atoms with Crippen molar-refractivity contribution >= 4 is 7.37 Å². The van der Waals surface area contributed by atoms with Crippen molar-refractivity contribution in [3.8, 4) is 0 Å². The summed E-state index contributed by atoms with van der Waals surface area (Å²) >= 11 is 0. The lowest BCUT2D eigenvalue weighted by atomic mass is 10.3. The summed E-state index contributed by atoms with van der Waals surface area (Å²) in [6.07, 6.45) is 2.53. The molecule has 11 heavy (non-hydrogen) atoms. The maximum Gasteiger partial charge on any atom is 0.0150 e. The highest BCUT2D eigenvalue weighted by molar-refractivity contribution is 7.56. The lowest BCUT2D eigenvalue weighted by Crippen LogP contribution is -2.12. The topological polar surface area (TPSA) is 40.1 Å². The van der Waals surface area contributed by atoms with Crippen LogP contribution in [0.5, 0.6) is 0 Å². The minimum absolute atomic E-state index is 0.273. The van der Waals surface area contributed by atoms with Gasteiger partial charge in [-0.05, 0) is 24.7 Å². The molecule has 0 heterocycles. The van der Waals surface area contributed by atoms with Crippen LogP contribution in [0.2, 0.25) is 0 Å². The van der Waals surface area contributed by atoms with E-state index in [1.165, 1.54) is 0 Å². The summed E-state index contributed by atoms with van der Waals surface area (Å²) in [5.41, 5.74) is 0. The van der Waals surface area contributed by atoms with Gasteiger partial charge < -0.3 is 9.46 Å². The van der Waals surface area contributed by atoms with Gasteiger partial charge in [-0.1, -0.05) is 27.2 Å². The molecular formula is C8H18O2P-. The van der Waals surface area contributed by atoms with Crippen LogP contribution in [0.15, 0.2) is 0 Å². The molecule has 0 aromatic rings. The summed E-state index contributed by atoms with van der Waals surface area (Å²) in [7, 11) is -3.02. The van der Waals surface area contributed by atoms with E-state index in [0.29, 0.717) is 12.3 Å². The smallest absolute Gasteiger partial charge is 0.0150 e. The summed E-state index contributed by atoms with van der Waals surface area (Å²) in [6, 6.07) is 0. The quantitative estimate of drug-likeness (QED) is 0.603. The molecule has 0 aromatic carbocycles. The molecule has 0 aliphatic carbocycles. The van der Waals surface area contributed by atoms with E-state index >= 15 is 0 Å². The monoisotopic (exact) mass is 177 g/mol. The summed E-state index contributed by atoms with van der Waals surface area (Å²) in [6.45, 7) is 5.89. The molecular weight excluding hydrogens is 159 g/mol. The average Bonchev–Trinajstić information content (AvgIpc) is 1.81. The van der Waals surface area contributed by atoms with Gasteiger partial charge in [0.15, 0.2) is 0 Å². The molecule has 0 N–H and O–H groups in total. The fourth-order valence-corrected chi connectivity index (χ4v) is 3.14. The summed E-state index contributed by atoms with van der Waals surface area (Å²) < 4.78 is 11.2. The van der Waals surface area contributed by atoms with Gasteiger partial charge in [-0.2, -0.15) is 0 Å². The number of unbranched alkanes of at least 4 members (excludes halogenated alkanes) is 1. The van der Waals surface area contributed by atoms with Gasteiger partial charge in [0.25, 0.3) is 0 Å². The van der Waals surface area contributed by atoms with E-state index in [1.807, 2.05) is 20.8 Å². The molecule has 0 saturated carbocycles. The SMILES string of the molecule is CCCCP(=O)([O-])CC(C)C. The van der Waals surface area contributed by atoms with Crippen molar-refractivity contribution in [2.24, 2.45) is 5.92 Å². The Kier molecular flexibility index (Phi) is 5.03. The Morgan fingerprint density at radius 2 is 2.00 bits per heavy atom. The van der Waals surface area contributed by atoms with Crippen LogP contribution in [-0.4, -0.2) is 12.3 Å². The first-order valence-electron chi connectivity index (χ1n) is 4.27. The standard InChI is InChI=1S/C8H19O2P/c1-4-5-6-11(9,10)7-8(2)3/h8H,4-7H2,1-3H3,(H,9,10)/p-1. The number of rotatable bonds is 5. The molecule has 3 heteroatoms. The van der Waals surface area contributed by atoms with Crippen molar-refractivity contribution in [2.45, 2.75) is 33.6 Å². The summed E-state index contributed by atoms with van der Waals surface area (Å²) in [4.78, 5) is 11.2. The van der Waals surface area contributed by atoms with Crippen molar-refractivity contribution in [1.82, 2.24) is 0 Å². The fraction of sp³-hybridized carbons (Fsp3) is 1.00. The minimum Gasteiger partial charge on any atom is -0.799 e. The second-order valence-corrected chi connectivity index (χ2v) is 5.91. The fourth-order valence-electron chi connectivity index (χ4n) is 1.05. The van der Waals surface area contributed by atoms with Gasteiger partial charge in [-0.3, -0.25) is 0 Å². The Labute approximate surface area is 69.5 Å². The lowest BCUT2D eigenvalue weighted by Gasteiger charge is -2.24. The van der Waals surface area contributed by atoms with Crippen molar-refractivity contribution in [3.05, 3.63) is 0 Å². The van der Waals surface area contributed by atoms with Crippen molar-refractivity contribution in [2.75, 3.05) is 12.3 Å². The zero-order chi connectivity index (χ0) is 8.91. The summed E-state index contributed by atoms with van der Waals surface area (Å²) in [5, 5.41) is 0. The van der Waals surface area contributed by atoms with Gasteiger partial charge in [-0.25, -0.2) is 0 Å². The molecule has 1 atom stereocenters. The van der Waals surface area contributed by atoms with E-state index in [1.54, 1.807) is 0 Å². The lowest BCUT2D eigenvalue weighted by molar-refractivity contribution is -0.175. The maximum absolute atomic E-state index is 11.2. The maximum atomic E-state index is 11.2. The Hall–Kier alpha value is 0.190. The van der Waals surface area contributed by atoms with Crippen LogP contribution in [0.25, 0.3) is 0 Å². The average molecular weight is 177 g/mol. The first-order valence-corrected chi connectivity index (χ1v) is 6.26. The predicted molar refractivity (Wildman–Crippen MR) is 47.1 cm³/mol. The summed E-state index contributed by atoms with van der Waals surface area (Å²) in [5.74, 6) is 0.273. The molecule has 0 saturated heterocycles. The molecule has 0 amide bonds. The van der Waals surface area contributed by atoms with E-state index < -0.39 is 7.37 Å². The van der Waals surface area contributed by atoms with Crippen LogP contribution >= 0.6 is 7.37 Å². The van der Waals surface area contributed by atoms with Gasteiger partial charge in [-0.15, -0.1) is 0 Å². The van der Waals surface area contributed by atoms with E-state index in [-0.39, 0.29) is 5.92 Å². The minimum atomic E-state index is -3.02. The second kappa shape index (κ2) is 4.95. The predicted octanol–water partition coefficient (Wildman–Crippen LogP) is 2.08.